The van der Waals surface area contributed by atoms with E-state index in [9.17, 15) is 20.0 Å². The molecule has 7 heteroatoms. The highest BCUT2D eigenvalue weighted by molar-refractivity contribution is 5.97. The summed E-state index contributed by atoms with van der Waals surface area (Å²) in [5.74, 6) is -0.335. The summed E-state index contributed by atoms with van der Waals surface area (Å²) in [5, 5.41) is 23.1. The number of non-ortho nitro benzene ring substituents is 1. The van der Waals surface area contributed by atoms with Gasteiger partial charge < -0.3 is 15.2 Å². The van der Waals surface area contributed by atoms with Crippen LogP contribution in [-0.4, -0.2) is 35.2 Å². The second kappa shape index (κ2) is 6.33. The first-order valence-electron chi connectivity index (χ1n) is 6.13. The number of methoxy groups -OCH3 is 1. The molecule has 0 fully saturated rings. The molecule has 2 N–H and O–H groups in total. The van der Waals surface area contributed by atoms with Gasteiger partial charge in [-0.3, -0.25) is 14.9 Å². The van der Waals surface area contributed by atoms with Crippen molar-refractivity contribution in [1.82, 2.24) is 5.32 Å². The van der Waals surface area contributed by atoms with Crippen molar-refractivity contribution >= 4 is 11.6 Å². The maximum Gasteiger partial charge on any atom is 0.273 e. The molecule has 0 saturated carbocycles. The highest BCUT2D eigenvalue weighted by Crippen LogP contribution is 2.24. The third-order valence-corrected chi connectivity index (χ3v) is 3.03. The van der Waals surface area contributed by atoms with Crippen LogP contribution in [0.15, 0.2) is 18.2 Å². The van der Waals surface area contributed by atoms with Gasteiger partial charge in [0, 0.05) is 12.6 Å². The lowest BCUT2D eigenvalue weighted by Gasteiger charge is -2.21. The van der Waals surface area contributed by atoms with Crippen LogP contribution < -0.4 is 10.1 Å². The lowest BCUT2D eigenvalue weighted by molar-refractivity contribution is -0.384. The molecular weight excluding hydrogens is 264 g/mol. The zero-order valence-electron chi connectivity index (χ0n) is 11.7. The molecule has 0 aliphatic rings. The predicted octanol–water partition coefficient (Wildman–Crippen LogP) is 1.49. The zero-order chi connectivity index (χ0) is 15.3. The number of nitro groups is 1. The number of aliphatic hydroxyl groups is 1. The summed E-state index contributed by atoms with van der Waals surface area (Å²) >= 11 is 0. The largest absolute Gasteiger partial charge is 0.496 e. The summed E-state index contributed by atoms with van der Waals surface area (Å²) in [4.78, 5) is 22.1. The number of ether oxygens (including phenoxy) is 1. The topological polar surface area (TPSA) is 102 Å². The number of carbonyl (C=O) groups is 1. The molecule has 0 aliphatic carbocycles. The minimum absolute atomic E-state index is 0.0858. The van der Waals surface area contributed by atoms with Gasteiger partial charge in [-0.05, 0) is 19.4 Å². The molecule has 1 aromatic carbocycles. The standard InChI is InChI=1S/C13H18N2O5/c1-4-13(2,17)8-14-12(16)10-6-5-9(15(18)19)7-11(10)20-3/h5-7,17H,4,8H2,1-3H3,(H,14,16). The van der Waals surface area contributed by atoms with Crippen LogP contribution in [0.2, 0.25) is 0 Å². The van der Waals surface area contributed by atoms with Crippen molar-refractivity contribution in [3.8, 4) is 5.75 Å². The van der Waals surface area contributed by atoms with Gasteiger partial charge in [-0.15, -0.1) is 0 Å². The van der Waals surface area contributed by atoms with Crippen molar-refractivity contribution in [1.29, 1.82) is 0 Å². The Morgan fingerprint density at radius 2 is 2.20 bits per heavy atom. The van der Waals surface area contributed by atoms with Crippen LogP contribution in [0.25, 0.3) is 0 Å². The van der Waals surface area contributed by atoms with E-state index >= 15 is 0 Å². The number of carbonyl (C=O) groups excluding carboxylic acids is 1. The normalized spacial score (nSPS) is 13.4. The Labute approximate surface area is 116 Å². The third-order valence-electron chi connectivity index (χ3n) is 3.03. The molecule has 1 rings (SSSR count). The number of nitro benzene ring substituents is 1. The first kappa shape index (κ1) is 15.9. The fraction of sp³-hybridized carbons (Fsp3) is 0.462. The average molecular weight is 282 g/mol. The van der Waals surface area contributed by atoms with Crippen LogP contribution in [-0.2, 0) is 0 Å². The minimum atomic E-state index is -0.996. The molecule has 0 bridgehead atoms. The molecule has 1 amide bonds. The summed E-state index contributed by atoms with van der Waals surface area (Å²) < 4.78 is 4.99. The molecule has 0 saturated heterocycles. The summed E-state index contributed by atoms with van der Waals surface area (Å²) in [6.07, 6.45) is 0.491. The van der Waals surface area contributed by atoms with Crippen molar-refractivity contribution < 1.29 is 19.6 Å². The fourth-order valence-corrected chi connectivity index (χ4v) is 1.47. The number of amides is 1. The van der Waals surface area contributed by atoms with Crippen molar-refractivity contribution in [2.75, 3.05) is 13.7 Å². The molecule has 0 radical (unpaired) electrons. The van der Waals surface area contributed by atoms with Crippen LogP contribution >= 0.6 is 0 Å². The molecule has 1 aromatic rings. The van der Waals surface area contributed by atoms with Crippen LogP contribution in [0.4, 0.5) is 5.69 Å². The van der Waals surface area contributed by atoms with Gasteiger partial charge in [0.15, 0.2) is 0 Å². The Bertz CT molecular complexity index is 513. The maximum absolute atomic E-state index is 12.0. The molecule has 1 atom stereocenters. The van der Waals surface area contributed by atoms with E-state index in [0.29, 0.717) is 6.42 Å². The van der Waals surface area contributed by atoms with Crippen LogP contribution in [0.5, 0.6) is 5.75 Å². The van der Waals surface area contributed by atoms with Crippen LogP contribution in [0, 0.1) is 10.1 Å². The number of benzene rings is 1. The predicted molar refractivity (Wildman–Crippen MR) is 72.9 cm³/mol. The molecule has 0 aliphatic heterocycles. The van der Waals surface area contributed by atoms with Gasteiger partial charge in [0.1, 0.15) is 5.75 Å². The monoisotopic (exact) mass is 282 g/mol. The second-order valence-electron chi connectivity index (χ2n) is 4.67. The number of hydrogen-bond acceptors (Lipinski definition) is 5. The Kier molecular flexibility index (Phi) is 5.04. The van der Waals surface area contributed by atoms with E-state index < -0.39 is 16.4 Å². The van der Waals surface area contributed by atoms with E-state index in [-0.39, 0.29) is 23.5 Å². The van der Waals surface area contributed by atoms with E-state index in [1.807, 2.05) is 0 Å². The van der Waals surface area contributed by atoms with Gasteiger partial charge >= 0.3 is 0 Å². The van der Waals surface area contributed by atoms with Gasteiger partial charge in [0.2, 0.25) is 0 Å². The van der Waals surface area contributed by atoms with Gasteiger partial charge in [0.05, 0.1) is 29.3 Å². The SMILES string of the molecule is CCC(C)(O)CNC(=O)c1ccc([N+](=O)[O-])cc1OC. The molecule has 7 nitrogen and oxygen atoms in total. The molecule has 0 spiro atoms. The van der Waals surface area contributed by atoms with Crippen molar-refractivity contribution in [2.45, 2.75) is 25.9 Å². The quantitative estimate of drug-likeness (QED) is 0.608. The van der Waals surface area contributed by atoms with Gasteiger partial charge in [-0.1, -0.05) is 6.92 Å². The molecule has 110 valence electrons. The molecule has 1 unspecified atom stereocenters. The Balaban J connectivity index is 2.90. The third kappa shape index (κ3) is 3.92. The highest BCUT2D eigenvalue weighted by Gasteiger charge is 2.21. The Morgan fingerprint density at radius 1 is 1.55 bits per heavy atom. The summed E-state index contributed by atoms with van der Waals surface area (Å²) in [6.45, 7) is 3.50. The number of rotatable bonds is 6. The van der Waals surface area contributed by atoms with Crippen molar-refractivity contribution in [3.63, 3.8) is 0 Å². The van der Waals surface area contributed by atoms with Gasteiger partial charge in [0.25, 0.3) is 11.6 Å². The van der Waals surface area contributed by atoms with Crippen LogP contribution in [0.1, 0.15) is 30.6 Å². The molecule has 0 aromatic heterocycles. The molecular formula is C13H18N2O5. The number of nitrogens with zero attached hydrogens (tertiary/aromatic N) is 1. The lowest BCUT2D eigenvalue weighted by Crippen LogP contribution is -2.40. The lowest BCUT2D eigenvalue weighted by atomic mass is 10.0. The second-order valence-corrected chi connectivity index (χ2v) is 4.67. The van der Waals surface area contributed by atoms with Crippen LogP contribution in [0.3, 0.4) is 0 Å². The summed E-state index contributed by atoms with van der Waals surface area (Å²) in [6, 6.07) is 3.75. The zero-order valence-corrected chi connectivity index (χ0v) is 11.7. The summed E-state index contributed by atoms with van der Waals surface area (Å²) in [5.41, 5.74) is -0.965. The summed E-state index contributed by atoms with van der Waals surface area (Å²) in [7, 11) is 1.33. The first-order chi connectivity index (χ1) is 9.30. The smallest absolute Gasteiger partial charge is 0.273 e. The number of nitrogens with one attached hydrogen (secondary N) is 1. The molecule has 0 heterocycles. The Morgan fingerprint density at radius 3 is 2.70 bits per heavy atom. The van der Waals surface area contributed by atoms with E-state index in [2.05, 4.69) is 5.32 Å². The van der Waals surface area contributed by atoms with Gasteiger partial charge in [-0.2, -0.15) is 0 Å². The highest BCUT2D eigenvalue weighted by atomic mass is 16.6. The van der Waals surface area contributed by atoms with E-state index in [1.165, 1.54) is 25.3 Å². The van der Waals surface area contributed by atoms with E-state index in [4.69, 9.17) is 4.74 Å². The fourth-order valence-electron chi connectivity index (χ4n) is 1.47. The van der Waals surface area contributed by atoms with E-state index in [0.717, 1.165) is 0 Å². The maximum atomic E-state index is 12.0. The molecule has 20 heavy (non-hydrogen) atoms. The van der Waals surface area contributed by atoms with Gasteiger partial charge in [-0.25, -0.2) is 0 Å². The van der Waals surface area contributed by atoms with Crippen molar-refractivity contribution in [3.05, 3.63) is 33.9 Å². The first-order valence-corrected chi connectivity index (χ1v) is 6.13. The Hall–Kier alpha value is -2.15. The minimum Gasteiger partial charge on any atom is -0.496 e. The van der Waals surface area contributed by atoms with E-state index in [1.54, 1.807) is 13.8 Å². The average Bonchev–Trinajstić information content (AvgIpc) is 2.44. The number of hydrogen-bond donors (Lipinski definition) is 2. The van der Waals surface area contributed by atoms with Crippen molar-refractivity contribution in [2.24, 2.45) is 0 Å².